The average molecular weight is 327 g/mol. The molecule has 0 radical (unpaired) electrons. The molecule has 94 valence electrons. The summed E-state index contributed by atoms with van der Waals surface area (Å²) in [6.07, 6.45) is -0.0844. The molecule has 18 heavy (non-hydrogen) atoms. The number of rotatable bonds is 3. The first-order chi connectivity index (χ1) is 8.56. The van der Waals surface area contributed by atoms with E-state index in [-0.39, 0.29) is 6.10 Å². The molecule has 0 aliphatic carbocycles. The Morgan fingerprint density at radius 3 is 2.50 bits per heavy atom. The van der Waals surface area contributed by atoms with Gasteiger partial charge in [0.2, 0.25) is 0 Å². The van der Waals surface area contributed by atoms with Gasteiger partial charge in [-0.15, -0.1) is 0 Å². The number of anilines is 1. The fourth-order valence-corrected chi connectivity index (χ4v) is 2.07. The van der Waals surface area contributed by atoms with Gasteiger partial charge in [-0.25, -0.2) is 0 Å². The van der Waals surface area contributed by atoms with Crippen molar-refractivity contribution in [1.82, 2.24) is 0 Å². The van der Waals surface area contributed by atoms with Gasteiger partial charge in [0, 0.05) is 9.50 Å². The third kappa shape index (κ3) is 3.18. The number of hydrogen-bond donors (Lipinski definition) is 1. The van der Waals surface area contributed by atoms with Gasteiger partial charge < -0.3 is 10.5 Å². The van der Waals surface area contributed by atoms with Crippen LogP contribution in [0.3, 0.4) is 0 Å². The average Bonchev–Trinajstić information content (AvgIpc) is 2.34. The second kappa shape index (κ2) is 5.63. The summed E-state index contributed by atoms with van der Waals surface area (Å²) in [6.45, 7) is 1.98. The molecule has 2 nitrogen and oxygen atoms in total. The predicted molar refractivity (Wildman–Crippen MR) is 79.0 cm³/mol. The van der Waals surface area contributed by atoms with Gasteiger partial charge in [0.25, 0.3) is 0 Å². The minimum absolute atomic E-state index is 0.0844. The Kier molecular flexibility index (Phi) is 4.15. The maximum atomic E-state index is 5.87. The van der Waals surface area contributed by atoms with Gasteiger partial charge in [-0.05, 0) is 42.8 Å². The van der Waals surface area contributed by atoms with E-state index in [1.54, 1.807) is 0 Å². The highest BCUT2D eigenvalue weighted by molar-refractivity contribution is 9.10. The van der Waals surface area contributed by atoms with Crippen molar-refractivity contribution >= 4 is 33.2 Å². The first-order valence-corrected chi connectivity index (χ1v) is 6.70. The molecule has 1 atom stereocenters. The first kappa shape index (κ1) is 13.2. The van der Waals surface area contributed by atoms with Crippen LogP contribution in [-0.4, -0.2) is 0 Å². The van der Waals surface area contributed by atoms with Crippen molar-refractivity contribution in [3.8, 4) is 5.75 Å². The second-order valence-corrected chi connectivity index (χ2v) is 5.35. The molecule has 0 saturated heterocycles. The van der Waals surface area contributed by atoms with Crippen LogP contribution in [0.2, 0.25) is 5.02 Å². The molecular formula is C14H13BrClNO. The summed E-state index contributed by atoms with van der Waals surface area (Å²) in [5, 5.41) is 0.716. The Hall–Kier alpha value is -1.19. The van der Waals surface area contributed by atoms with Crippen LogP contribution in [0.25, 0.3) is 0 Å². The molecule has 0 spiro atoms. The van der Waals surface area contributed by atoms with Crippen molar-refractivity contribution in [3.05, 3.63) is 57.5 Å². The molecule has 0 fully saturated rings. The highest BCUT2D eigenvalue weighted by atomic mass is 79.9. The highest BCUT2D eigenvalue weighted by Crippen LogP contribution is 2.30. The Labute approximate surface area is 120 Å². The van der Waals surface area contributed by atoms with Crippen molar-refractivity contribution in [2.75, 3.05) is 5.73 Å². The maximum Gasteiger partial charge on any atom is 0.144 e. The first-order valence-electron chi connectivity index (χ1n) is 5.53. The van der Waals surface area contributed by atoms with Crippen molar-refractivity contribution in [3.63, 3.8) is 0 Å². The highest BCUT2D eigenvalue weighted by Gasteiger charge is 2.09. The smallest absolute Gasteiger partial charge is 0.144 e. The second-order valence-electron chi connectivity index (χ2n) is 3.99. The molecule has 0 amide bonds. The van der Waals surface area contributed by atoms with Crippen LogP contribution in [0.4, 0.5) is 5.69 Å². The Balaban J connectivity index is 2.18. The van der Waals surface area contributed by atoms with E-state index in [9.17, 15) is 0 Å². The Morgan fingerprint density at radius 2 is 1.83 bits per heavy atom. The van der Waals surface area contributed by atoms with E-state index in [0.29, 0.717) is 16.5 Å². The molecule has 0 heterocycles. The van der Waals surface area contributed by atoms with Gasteiger partial charge in [-0.3, -0.25) is 0 Å². The third-order valence-electron chi connectivity index (χ3n) is 2.62. The van der Waals surface area contributed by atoms with E-state index >= 15 is 0 Å². The third-order valence-corrected chi connectivity index (χ3v) is 3.36. The van der Waals surface area contributed by atoms with Crippen LogP contribution < -0.4 is 10.5 Å². The van der Waals surface area contributed by atoms with Crippen LogP contribution in [0, 0.1) is 0 Å². The van der Waals surface area contributed by atoms with Gasteiger partial charge in [-0.1, -0.05) is 39.7 Å². The van der Waals surface area contributed by atoms with Crippen molar-refractivity contribution in [1.29, 1.82) is 0 Å². The van der Waals surface area contributed by atoms with Gasteiger partial charge in [0.15, 0.2) is 0 Å². The van der Waals surface area contributed by atoms with Crippen LogP contribution >= 0.6 is 27.5 Å². The van der Waals surface area contributed by atoms with Crippen molar-refractivity contribution in [2.24, 2.45) is 0 Å². The number of benzene rings is 2. The van der Waals surface area contributed by atoms with Gasteiger partial charge in [-0.2, -0.15) is 0 Å². The fraction of sp³-hybridized carbons (Fsp3) is 0.143. The standard InChI is InChI=1S/C14H13BrClNO/c1-9(10-2-5-12(16)6-3-10)18-14-8-11(15)4-7-13(14)17/h2-9H,17H2,1H3. The van der Waals surface area contributed by atoms with Crippen LogP contribution in [0.5, 0.6) is 5.75 Å². The zero-order valence-corrected chi connectivity index (χ0v) is 12.2. The molecule has 0 bridgehead atoms. The lowest BCUT2D eigenvalue weighted by Gasteiger charge is -2.16. The Bertz CT molecular complexity index is 542. The van der Waals surface area contributed by atoms with Gasteiger partial charge in [0.1, 0.15) is 11.9 Å². The monoisotopic (exact) mass is 325 g/mol. The SMILES string of the molecule is CC(Oc1cc(Br)ccc1N)c1ccc(Cl)cc1. The zero-order chi connectivity index (χ0) is 13.1. The quantitative estimate of drug-likeness (QED) is 0.820. The number of nitrogens with two attached hydrogens (primary N) is 1. The number of nitrogen functional groups attached to an aromatic ring is 1. The minimum Gasteiger partial charge on any atom is -0.484 e. The topological polar surface area (TPSA) is 35.2 Å². The van der Waals surface area contributed by atoms with Crippen LogP contribution in [0.15, 0.2) is 46.9 Å². The van der Waals surface area contributed by atoms with E-state index in [0.717, 1.165) is 10.0 Å². The lowest BCUT2D eigenvalue weighted by molar-refractivity contribution is 0.228. The lowest BCUT2D eigenvalue weighted by Crippen LogP contribution is -2.04. The summed E-state index contributed by atoms with van der Waals surface area (Å²) in [4.78, 5) is 0. The van der Waals surface area contributed by atoms with Crippen LogP contribution in [0.1, 0.15) is 18.6 Å². The summed E-state index contributed by atoms with van der Waals surface area (Å²) in [5.41, 5.74) is 7.55. The summed E-state index contributed by atoms with van der Waals surface area (Å²) < 4.78 is 6.79. The summed E-state index contributed by atoms with van der Waals surface area (Å²) >= 11 is 9.25. The molecular weight excluding hydrogens is 314 g/mol. The molecule has 2 N–H and O–H groups in total. The molecule has 0 aromatic heterocycles. The zero-order valence-electron chi connectivity index (χ0n) is 9.86. The van der Waals surface area contributed by atoms with Crippen molar-refractivity contribution in [2.45, 2.75) is 13.0 Å². The minimum atomic E-state index is -0.0844. The molecule has 4 heteroatoms. The fourth-order valence-electron chi connectivity index (χ4n) is 1.60. The number of hydrogen-bond acceptors (Lipinski definition) is 2. The van der Waals surface area contributed by atoms with E-state index in [1.165, 1.54) is 0 Å². The van der Waals surface area contributed by atoms with Gasteiger partial charge in [0.05, 0.1) is 5.69 Å². The molecule has 0 aliphatic heterocycles. The van der Waals surface area contributed by atoms with Gasteiger partial charge >= 0.3 is 0 Å². The molecule has 0 aliphatic rings. The van der Waals surface area contributed by atoms with E-state index in [4.69, 9.17) is 22.1 Å². The summed E-state index contributed by atoms with van der Waals surface area (Å²) in [7, 11) is 0. The summed E-state index contributed by atoms with van der Waals surface area (Å²) in [5.74, 6) is 0.673. The molecule has 0 saturated carbocycles. The predicted octanol–water partition coefficient (Wildman–Crippen LogP) is 4.82. The number of ether oxygens (including phenoxy) is 1. The Morgan fingerprint density at radius 1 is 1.17 bits per heavy atom. The largest absolute Gasteiger partial charge is 0.484 e. The van der Waals surface area contributed by atoms with Crippen LogP contribution in [-0.2, 0) is 0 Å². The lowest BCUT2D eigenvalue weighted by atomic mass is 10.1. The molecule has 2 rings (SSSR count). The van der Waals surface area contributed by atoms with E-state index in [1.807, 2.05) is 49.4 Å². The number of halogens is 2. The molecule has 2 aromatic carbocycles. The summed E-state index contributed by atoms with van der Waals surface area (Å²) in [6, 6.07) is 13.1. The molecule has 2 aromatic rings. The molecule has 1 unspecified atom stereocenters. The normalized spacial score (nSPS) is 12.2. The maximum absolute atomic E-state index is 5.87. The van der Waals surface area contributed by atoms with E-state index in [2.05, 4.69) is 15.9 Å². The van der Waals surface area contributed by atoms with Crippen molar-refractivity contribution < 1.29 is 4.74 Å². The van der Waals surface area contributed by atoms with E-state index < -0.39 is 0 Å².